The Morgan fingerprint density at radius 1 is 0.309 bits per heavy atom. The van der Waals surface area contributed by atoms with Crippen LogP contribution in [0.25, 0.3) is 122 Å². The van der Waals surface area contributed by atoms with E-state index in [4.69, 9.17) is 28.2 Å². The van der Waals surface area contributed by atoms with Gasteiger partial charge in [0.2, 0.25) is 0 Å². The number of rotatable bonds is 4. The summed E-state index contributed by atoms with van der Waals surface area (Å²) in [5, 5.41) is 8.32. The Morgan fingerprint density at radius 3 is 1.60 bits per heavy atom. The van der Waals surface area contributed by atoms with Crippen molar-refractivity contribution in [1.82, 2.24) is 15.0 Å². The molecule has 0 saturated carbocycles. The van der Waals surface area contributed by atoms with Crippen LogP contribution in [0.15, 0.2) is 177 Å². The van der Waals surface area contributed by atoms with E-state index < -0.39 is 0 Å². The number of benzene rings is 8. The van der Waals surface area contributed by atoms with Crippen LogP contribution in [0.4, 0.5) is 0 Å². The van der Waals surface area contributed by atoms with E-state index in [0.717, 1.165) is 104 Å². The number of hydrogen-bond donors (Lipinski definition) is 0. The van der Waals surface area contributed by atoms with E-state index in [0.29, 0.717) is 17.5 Å². The van der Waals surface area contributed by atoms with Crippen molar-refractivity contribution >= 4 is 76.6 Å². The summed E-state index contributed by atoms with van der Waals surface area (Å²) in [6.45, 7) is 0. The highest BCUT2D eigenvalue weighted by atomic mass is 16.3. The number of hydrogen-bond acceptors (Lipinski definition) is 6. The Kier molecular flexibility index (Phi) is 6.24. The molecule has 0 aliphatic rings. The average molecular weight is 706 g/mol. The third-order valence-corrected chi connectivity index (χ3v) is 10.7. The third kappa shape index (κ3) is 4.52. The molecule has 8 aromatic carbocycles. The van der Waals surface area contributed by atoms with Crippen molar-refractivity contribution in [3.8, 4) is 45.3 Å². The summed E-state index contributed by atoms with van der Waals surface area (Å²) in [5.74, 6) is 1.69. The fraction of sp³-hybridized carbons (Fsp3) is 0. The Morgan fingerprint density at radius 2 is 0.836 bits per heavy atom. The zero-order chi connectivity index (χ0) is 36.0. The highest BCUT2D eigenvalue weighted by Gasteiger charge is 2.24. The molecule has 256 valence electrons. The van der Waals surface area contributed by atoms with E-state index in [1.54, 1.807) is 0 Å². The van der Waals surface area contributed by atoms with E-state index >= 15 is 0 Å². The normalized spacial score (nSPS) is 12.0. The van der Waals surface area contributed by atoms with Crippen molar-refractivity contribution in [1.29, 1.82) is 0 Å². The second-order valence-corrected chi connectivity index (χ2v) is 13.9. The molecule has 12 aromatic rings. The highest BCUT2D eigenvalue weighted by molar-refractivity contribution is 6.21. The Hall–Kier alpha value is -7.57. The van der Waals surface area contributed by atoms with Crippen molar-refractivity contribution in [3.05, 3.63) is 164 Å². The van der Waals surface area contributed by atoms with Crippen LogP contribution in [0.3, 0.4) is 0 Å². The van der Waals surface area contributed by atoms with Gasteiger partial charge in [0.25, 0.3) is 0 Å². The van der Waals surface area contributed by atoms with E-state index in [1.807, 2.05) is 91.0 Å². The van der Waals surface area contributed by atoms with Gasteiger partial charge in [-0.05, 0) is 64.9 Å². The molecular formula is C49H27N3O3. The maximum atomic E-state index is 6.82. The van der Waals surface area contributed by atoms with Crippen molar-refractivity contribution in [3.63, 3.8) is 0 Å². The number of furan rings is 3. The van der Waals surface area contributed by atoms with Gasteiger partial charge in [-0.3, -0.25) is 0 Å². The van der Waals surface area contributed by atoms with Crippen molar-refractivity contribution in [2.24, 2.45) is 0 Å². The monoisotopic (exact) mass is 705 g/mol. The molecule has 12 rings (SSSR count). The highest BCUT2D eigenvalue weighted by Crippen LogP contribution is 2.45. The first-order chi connectivity index (χ1) is 27.2. The van der Waals surface area contributed by atoms with Crippen molar-refractivity contribution in [2.45, 2.75) is 0 Å². The zero-order valence-corrected chi connectivity index (χ0v) is 29.2. The summed E-state index contributed by atoms with van der Waals surface area (Å²) < 4.78 is 19.6. The minimum atomic E-state index is 0.551. The summed E-state index contributed by atoms with van der Waals surface area (Å²) in [7, 11) is 0. The number of para-hydroxylation sites is 2. The summed E-state index contributed by atoms with van der Waals surface area (Å²) in [4.78, 5) is 15.6. The van der Waals surface area contributed by atoms with Gasteiger partial charge in [0.05, 0.1) is 0 Å². The van der Waals surface area contributed by atoms with Gasteiger partial charge in [-0.25, -0.2) is 15.0 Å². The minimum absolute atomic E-state index is 0.551. The van der Waals surface area contributed by atoms with Crippen LogP contribution in [0.1, 0.15) is 0 Å². The Labute approximate surface area is 312 Å². The summed E-state index contributed by atoms with van der Waals surface area (Å²) >= 11 is 0. The maximum absolute atomic E-state index is 6.82. The lowest BCUT2D eigenvalue weighted by Crippen LogP contribution is -2.01. The van der Waals surface area contributed by atoms with Gasteiger partial charge in [-0.1, -0.05) is 115 Å². The zero-order valence-electron chi connectivity index (χ0n) is 29.2. The number of fused-ring (bicyclic) bond motifs is 10. The maximum Gasteiger partial charge on any atom is 0.164 e. The molecule has 0 aliphatic carbocycles. The molecule has 0 fully saturated rings. The molecule has 0 bridgehead atoms. The van der Waals surface area contributed by atoms with Crippen LogP contribution < -0.4 is 0 Å². The first-order valence-corrected chi connectivity index (χ1v) is 18.3. The topological polar surface area (TPSA) is 78.1 Å². The van der Waals surface area contributed by atoms with E-state index in [-0.39, 0.29) is 0 Å². The number of nitrogens with zero attached hydrogens (tertiary/aromatic N) is 3. The molecule has 0 amide bonds. The SMILES string of the molecule is c1ccc(-c2nc(-c3cccc4oc5ccccc5c34)nc(-c3ccc(-c4cccc5oc6cc7ccccc7cc6c45)c4oc5ccccc5c34)n2)cc1. The average Bonchev–Trinajstić information content (AvgIpc) is 3.94. The molecule has 4 aromatic heterocycles. The third-order valence-electron chi connectivity index (χ3n) is 10.7. The van der Waals surface area contributed by atoms with Gasteiger partial charge < -0.3 is 13.3 Å². The molecule has 0 atom stereocenters. The fourth-order valence-electron chi connectivity index (χ4n) is 8.26. The van der Waals surface area contributed by atoms with Crippen molar-refractivity contribution in [2.75, 3.05) is 0 Å². The van der Waals surface area contributed by atoms with Gasteiger partial charge in [0.15, 0.2) is 17.5 Å². The molecule has 0 N–H and O–H groups in total. The first kappa shape index (κ1) is 29.9. The van der Waals surface area contributed by atoms with Crippen LogP contribution in [0.5, 0.6) is 0 Å². The summed E-state index contributed by atoms with van der Waals surface area (Å²) in [5.41, 5.74) is 9.43. The molecule has 55 heavy (non-hydrogen) atoms. The van der Waals surface area contributed by atoms with Crippen molar-refractivity contribution < 1.29 is 13.3 Å². The molecule has 6 heteroatoms. The predicted molar refractivity (Wildman–Crippen MR) is 221 cm³/mol. The molecule has 0 saturated heterocycles. The van der Waals surface area contributed by atoms with Crippen LogP contribution >= 0.6 is 0 Å². The predicted octanol–water partition coefficient (Wildman–Crippen LogP) is 13.4. The van der Waals surface area contributed by atoms with E-state index in [2.05, 4.69) is 72.8 Å². The van der Waals surface area contributed by atoms with Crippen LogP contribution in [-0.4, -0.2) is 15.0 Å². The molecule has 6 nitrogen and oxygen atoms in total. The smallest absolute Gasteiger partial charge is 0.164 e. The molecule has 0 radical (unpaired) electrons. The van der Waals surface area contributed by atoms with Gasteiger partial charge in [-0.2, -0.15) is 0 Å². The van der Waals surface area contributed by atoms with Crippen LogP contribution in [-0.2, 0) is 0 Å². The van der Waals surface area contributed by atoms with Gasteiger partial charge in [0.1, 0.15) is 33.5 Å². The Bertz CT molecular complexity index is 3500. The van der Waals surface area contributed by atoms with Gasteiger partial charge in [-0.15, -0.1) is 0 Å². The molecule has 0 aliphatic heterocycles. The quantitative estimate of drug-likeness (QED) is 0.181. The molecule has 4 heterocycles. The van der Waals surface area contributed by atoms with Gasteiger partial charge in [0, 0.05) is 54.6 Å². The second kappa shape index (κ2) is 11.5. The number of aromatic nitrogens is 3. The fourth-order valence-corrected chi connectivity index (χ4v) is 8.26. The first-order valence-electron chi connectivity index (χ1n) is 18.3. The van der Waals surface area contributed by atoms with E-state index in [9.17, 15) is 0 Å². The van der Waals surface area contributed by atoms with Gasteiger partial charge >= 0.3 is 0 Å². The lowest BCUT2D eigenvalue weighted by atomic mass is 9.94. The second-order valence-electron chi connectivity index (χ2n) is 13.9. The Balaban J connectivity index is 1.14. The molecular weight excluding hydrogens is 679 g/mol. The summed E-state index contributed by atoms with van der Waals surface area (Å²) in [6, 6.07) is 55.6. The van der Waals surface area contributed by atoms with Crippen LogP contribution in [0.2, 0.25) is 0 Å². The summed E-state index contributed by atoms with van der Waals surface area (Å²) in [6.07, 6.45) is 0. The lowest BCUT2D eigenvalue weighted by Gasteiger charge is -2.12. The standard InChI is InChI=1S/C49H27N3O3/c1-2-12-28(13-3-1)47-50-48(35-19-11-23-41-44(35)33-16-6-8-20-38(33)53-41)52-49(51-47)36-25-24-32(46-45(36)34-17-7-9-21-39(34)55-46)31-18-10-22-40-43(31)37-26-29-14-4-5-15-30(29)27-42(37)54-40/h1-27H. The van der Waals surface area contributed by atoms with Crippen LogP contribution in [0, 0.1) is 0 Å². The van der Waals surface area contributed by atoms with E-state index in [1.165, 1.54) is 0 Å². The molecule has 0 unspecified atom stereocenters. The minimum Gasteiger partial charge on any atom is -0.456 e. The largest absolute Gasteiger partial charge is 0.456 e. The molecule has 0 spiro atoms. The lowest BCUT2D eigenvalue weighted by molar-refractivity contribution is 0.668.